The second-order valence-electron chi connectivity index (χ2n) is 6.01. The molecule has 0 radical (unpaired) electrons. The van der Waals surface area contributed by atoms with Crippen LogP contribution in [0.25, 0.3) is 0 Å². The van der Waals surface area contributed by atoms with Crippen LogP contribution in [0.1, 0.15) is 33.6 Å². The molecule has 26 heavy (non-hydrogen) atoms. The maximum absolute atomic E-state index is 12.4. The van der Waals surface area contributed by atoms with Crippen molar-refractivity contribution in [3.8, 4) is 0 Å². The van der Waals surface area contributed by atoms with Crippen molar-refractivity contribution in [2.75, 3.05) is 17.8 Å². The second kappa shape index (κ2) is 7.17. The average molecular weight is 374 g/mol. The number of nitrogens with zero attached hydrogens (tertiary/aromatic N) is 1. The third kappa shape index (κ3) is 3.85. The minimum atomic E-state index is -3.84. The molecule has 0 saturated carbocycles. The van der Waals surface area contributed by atoms with E-state index in [9.17, 15) is 18.0 Å². The minimum Gasteiger partial charge on any atom is -0.478 e. The maximum atomic E-state index is 12.4. The fraction of sp³-hybridized carbons (Fsp3) is 0.222. The highest BCUT2D eigenvalue weighted by Gasteiger charge is 2.20. The molecule has 0 aromatic heterocycles. The third-order valence-electron chi connectivity index (χ3n) is 4.19. The Labute approximate surface area is 151 Å². The summed E-state index contributed by atoms with van der Waals surface area (Å²) < 4.78 is 27.2. The molecule has 0 unspecified atom stereocenters. The molecule has 1 aliphatic heterocycles. The Hall–Kier alpha value is -2.87. The number of carbonyl (C=O) groups is 2. The quantitative estimate of drug-likeness (QED) is 0.836. The van der Waals surface area contributed by atoms with E-state index in [-0.39, 0.29) is 16.4 Å². The first-order chi connectivity index (χ1) is 12.4. The molecule has 1 heterocycles. The molecule has 1 saturated heterocycles. The smallest absolute Gasteiger partial charge is 0.335 e. The van der Waals surface area contributed by atoms with Crippen molar-refractivity contribution >= 4 is 27.6 Å². The monoisotopic (exact) mass is 374 g/mol. The van der Waals surface area contributed by atoms with Crippen molar-refractivity contribution in [2.24, 2.45) is 0 Å². The first-order valence-electron chi connectivity index (χ1n) is 8.12. The normalized spacial score (nSPS) is 14.2. The molecule has 0 bridgehead atoms. The molecule has 2 N–H and O–H groups in total. The first-order valence-corrected chi connectivity index (χ1v) is 9.61. The molecule has 0 aliphatic carbocycles. The number of carboxylic acids is 1. The molecular formula is C18H18N2O5S. The van der Waals surface area contributed by atoms with Gasteiger partial charge in [-0.25, -0.2) is 13.2 Å². The summed E-state index contributed by atoms with van der Waals surface area (Å²) >= 11 is 0. The van der Waals surface area contributed by atoms with E-state index in [4.69, 9.17) is 5.11 Å². The summed E-state index contributed by atoms with van der Waals surface area (Å²) in [4.78, 5) is 24.9. The zero-order valence-electron chi connectivity index (χ0n) is 13.9. The van der Waals surface area contributed by atoms with E-state index >= 15 is 0 Å². The number of hydrogen-bond donors (Lipinski definition) is 2. The van der Waals surface area contributed by atoms with Gasteiger partial charge in [0.05, 0.1) is 10.5 Å². The molecule has 1 aliphatic rings. The molecule has 2 aromatic rings. The fourth-order valence-corrected chi connectivity index (χ4v) is 3.83. The predicted octanol–water partition coefficient (Wildman–Crippen LogP) is 2.42. The van der Waals surface area contributed by atoms with E-state index in [1.807, 2.05) is 0 Å². The SMILES string of the molecule is O=C(O)c1ccc(S(=O)(=O)Nc2ccc(C(=O)N3CCCC3)cc2)cc1. The molecule has 0 spiro atoms. The number of rotatable bonds is 5. The Morgan fingerprint density at radius 3 is 1.96 bits per heavy atom. The molecule has 1 fully saturated rings. The van der Waals surface area contributed by atoms with Crippen molar-refractivity contribution in [1.29, 1.82) is 0 Å². The van der Waals surface area contributed by atoms with Gasteiger partial charge in [0, 0.05) is 24.3 Å². The lowest BCUT2D eigenvalue weighted by atomic mass is 10.2. The molecule has 8 heteroatoms. The van der Waals surface area contributed by atoms with Crippen LogP contribution < -0.4 is 4.72 Å². The summed E-state index contributed by atoms with van der Waals surface area (Å²) in [5.41, 5.74) is 0.847. The Balaban J connectivity index is 1.73. The highest BCUT2D eigenvalue weighted by atomic mass is 32.2. The summed E-state index contributed by atoms with van der Waals surface area (Å²) in [6.45, 7) is 1.50. The number of likely N-dealkylation sites (tertiary alicyclic amines) is 1. The van der Waals surface area contributed by atoms with Crippen LogP contribution in [0.5, 0.6) is 0 Å². The van der Waals surface area contributed by atoms with Crippen molar-refractivity contribution in [3.05, 3.63) is 59.7 Å². The van der Waals surface area contributed by atoms with Crippen molar-refractivity contribution in [3.63, 3.8) is 0 Å². The van der Waals surface area contributed by atoms with Gasteiger partial charge in [-0.1, -0.05) is 0 Å². The molecule has 0 atom stereocenters. The third-order valence-corrected chi connectivity index (χ3v) is 5.59. The summed E-state index contributed by atoms with van der Waals surface area (Å²) in [6.07, 6.45) is 2.01. The van der Waals surface area contributed by atoms with Gasteiger partial charge in [0.25, 0.3) is 15.9 Å². The van der Waals surface area contributed by atoms with Crippen LogP contribution in [0.2, 0.25) is 0 Å². The molecule has 136 valence electrons. The number of carboxylic acid groups (broad SMARTS) is 1. The van der Waals surface area contributed by atoms with Gasteiger partial charge in [-0.05, 0) is 61.4 Å². The van der Waals surface area contributed by atoms with E-state index < -0.39 is 16.0 Å². The number of anilines is 1. The molecule has 3 rings (SSSR count). The number of carbonyl (C=O) groups excluding carboxylic acids is 1. The fourth-order valence-electron chi connectivity index (χ4n) is 2.77. The number of nitrogens with one attached hydrogen (secondary N) is 1. The maximum Gasteiger partial charge on any atom is 0.335 e. The standard InChI is InChI=1S/C18H18N2O5S/c21-17(20-11-1-2-12-20)13-3-7-15(8-4-13)19-26(24,25)16-9-5-14(6-10-16)18(22)23/h3-10,19H,1-2,11-12H2,(H,22,23). The van der Waals surface area contributed by atoms with Gasteiger partial charge < -0.3 is 10.0 Å². The first kappa shape index (κ1) is 17.9. The molecule has 7 nitrogen and oxygen atoms in total. The van der Waals surface area contributed by atoms with E-state index in [1.165, 1.54) is 36.4 Å². The zero-order chi connectivity index (χ0) is 18.7. The van der Waals surface area contributed by atoms with Crippen LogP contribution >= 0.6 is 0 Å². The largest absolute Gasteiger partial charge is 0.478 e. The minimum absolute atomic E-state index is 0.00808. The van der Waals surface area contributed by atoms with Gasteiger partial charge in [-0.2, -0.15) is 0 Å². The van der Waals surface area contributed by atoms with Crippen molar-refractivity contribution in [1.82, 2.24) is 4.90 Å². The zero-order valence-corrected chi connectivity index (χ0v) is 14.7. The summed E-state index contributed by atoms with van der Waals surface area (Å²) in [7, 11) is -3.84. The molecule has 1 amide bonds. The Morgan fingerprint density at radius 1 is 0.885 bits per heavy atom. The molecular weight excluding hydrogens is 356 g/mol. The van der Waals surface area contributed by atoms with Crippen LogP contribution in [0.3, 0.4) is 0 Å². The van der Waals surface area contributed by atoms with Crippen molar-refractivity contribution < 1.29 is 23.1 Å². The summed E-state index contributed by atoms with van der Waals surface area (Å²) in [5, 5.41) is 8.87. The van der Waals surface area contributed by atoms with E-state index in [0.29, 0.717) is 11.3 Å². The number of aromatic carboxylic acids is 1. The number of hydrogen-bond acceptors (Lipinski definition) is 4. The van der Waals surface area contributed by atoms with Gasteiger partial charge in [0.15, 0.2) is 0 Å². The highest BCUT2D eigenvalue weighted by Crippen LogP contribution is 2.19. The van der Waals surface area contributed by atoms with Gasteiger partial charge >= 0.3 is 5.97 Å². The highest BCUT2D eigenvalue weighted by molar-refractivity contribution is 7.92. The second-order valence-corrected chi connectivity index (χ2v) is 7.69. The topological polar surface area (TPSA) is 104 Å². The van der Waals surface area contributed by atoms with Gasteiger partial charge in [-0.15, -0.1) is 0 Å². The van der Waals surface area contributed by atoms with Crippen LogP contribution in [0.15, 0.2) is 53.4 Å². The van der Waals surface area contributed by atoms with E-state index in [1.54, 1.807) is 17.0 Å². The van der Waals surface area contributed by atoms with Gasteiger partial charge in [0.2, 0.25) is 0 Å². The summed E-state index contributed by atoms with van der Waals surface area (Å²) in [6, 6.07) is 11.2. The lowest BCUT2D eigenvalue weighted by Gasteiger charge is -2.15. The number of benzene rings is 2. The molecule has 2 aromatic carbocycles. The summed E-state index contributed by atoms with van der Waals surface area (Å²) in [5.74, 6) is -1.18. The lowest BCUT2D eigenvalue weighted by Crippen LogP contribution is -2.27. The van der Waals surface area contributed by atoms with Gasteiger partial charge in [0.1, 0.15) is 0 Å². The Morgan fingerprint density at radius 2 is 1.42 bits per heavy atom. The van der Waals surface area contributed by atoms with E-state index in [2.05, 4.69) is 4.72 Å². The van der Waals surface area contributed by atoms with Crippen LogP contribution in [0.4, 0.5) is 5.69 Å². The lowest BCUT2D eigenvalue weighted by molar-refractivity contribution is 0.0696. The Kier molecular flexibility index (Phi) is 4.94. The average Bonchev–Trinajstić information content (AvgIpc) is 3.16. The number of sulfonamides is 1. The van der Waals surface area contributed by atoms with Crippen LogP contribution in [-0.4, -0.2) is 43.4 Å². The van der Waals surface area contributed by atoms with Crippen LogP contribution in [-0.2, 0) is 10.0 Å². The van der Waals surface area contributed by atoms with Crippen LogP contribution in [0, 0.1) is 0 Å². The van der Waals surface area contributed by atoms with Crippen molar-refractivity contribution in [2.45, 2.75) is 17.7 Å². The predicted molar refractivity (Wildman–Crippen MR) is 95.8 cm³/mol. The van der Waals surface area contributed by atoms with Gasteiger partial charge in [-0.3, -0.25) is 9.52 Å². The Bertz CT molecular complexity index is 915. The number of amides is 1. The van der Waals surface area contributed by atoms with E-state index in [0.717, 1.165) is 25.9 Å².